The molecule has 2 atom stereocenters. The summed E-state index contributed by atoms with van der Waals surface area (Å²) in [7, 11) is 0. The van der Waals surface area contributed by atoms with E-state index in [1.165, 1.54) is 37.7 Å². The van der Waals surface area contributed by atoms with E-state index < -0.39 is 24.0 Å². The highest BCUT2D eigenvalue weighted by atomic mass is 16.6. The van der Waals surface area contributed by atoms with Crippen LogP contribution in [0.25, 0.3) is 0 Å². The third-order valence-corrected chi connectivity index (χ3v) is 4.76. The van der Waals surface area contributed by atoms with Gasteiger partial charge in [0, 0.05) is 0 Å². The fraction of sp³-hybridized carbons (Fsp3) is 0.600. The van der Waals surface area contributed by atoms with Crippen molar-refractivity contribution in [3.8, 4) is 0 Å². The van der Waals surface area contributed by atoms with Crippen molar-refractivity contribution in [2.45, 2.75) is 63.9 Å². The minimum absolute atomic E-state index is 0.145. The molecule has 1 aromatic carbocycles. The molecule has 0 spiro atoms. The van der Waals surface area contributed by atoms with E-state index in [0.717, 1.165) is 0 Å². The van der Waals surface area contributed by atoms with Gasteiger partial charge in [-0.2, -0.15) is 0 Å². The summed E-state index contributed by atoms with van der Waals surface area (Å²) in [5.74, 6) is -1.94. The van der Waals surface area contributed by atoms with Crippen molar-refractivity contribution < 1.29 is 24.2 Å². The Bertz CT molecular complexity index is 560. The molecule has 1 aromatic rings. The van der Waals surface area contributed by atoms with Gasteiger partial charge < -0.3 is 14.6 Å². The van der Waals surface area contributed by atoms with Gasteiger partial charge in [-0.3, -0.25) is 4.79 Å². The van der Waals surface area contributed by atoms with Crippen LogP contribution in [0.15, 0.2) is 24.3 Å². The third kappa shape index (κ3) is 5.05. The first kappa shape index (κ1) is 19.4. The molecule has 0 aliphatic heterocycles. The molecule has 1 fully saturated rings. The number of aliphatic hydroxyl groups excluding tert-OH is 1. The molecule has 25 heavy (non-hydrogen) atoms. The van der Waals surface area contributed by atoms with Gasteiger partial charge in [0.05, 0.1) is 13.2 Å². The van der Waals surface area contributed by atoms with Crippen molar-refractivity contribution in [3.05, 3.63) is 35.4 Å². The van der Waals surface area contributed by atoms with E-state index in [1.54, 1.807) is 13.8 Å². The van der Waals surface area contributed by atoms with Crippen molar-refractivity contribution in [2.75, 3.05) is 13.2 Å². The van der Waals surface area contributed by atoms with E-state index in [0.29, 0.717) is 11.5 Å². The predicted molar refractivity (Wildman–Crippen MR) is 94.3 cm³/mol. The highest BCUT2D eigenvalue weighted by Gasteiger charge is 2.36. The minimum atomic E-state index is -1.57. The van der Waals surface area contributed by atoms with Crippen molar-refractivity contribution in [2.24, 2.45) is 0 Å². The van der Waals surface area contributed by atoms with Crippen molar-refractivity contribution in [3.63, 3.8) is 0 Å². The first-order valence-corrected chi connectivity index (χ1v) is 9.19. The zero-order valence-electron chi connectivity index (χ0n) is 15.1. The Morgan fingerprint density at radius 3 is 2.12 bits per heavy atom. The molecular weight excluding hydrogens is 320 g/mol. The molecule has 0 heterocycles. The molecule has 2 rings (SSSR count). The number of carbonyl (C=O) groups is 2. The van der Waals surface area contributed by atoms with Crippen LogP contribution in [0.4, 0.5) is 0 Å². The zero-order chi connectivity index (χ0) is 18.2. The van der Waals surface area contributed by atoms with Crippen LogP contribution in [0.1, 0.15) is 68.9 Å². The maximum Gasteiger partial charge on any atom is 0.336 e. The lowest BCUT2D eigenvalue weighted by Gasteiger charge is -2.24. The Labute approximate surface area is 149 Å². The predicted octanol–water partition coefficient (Wildman–Crippen LogP) is 3.31. The molecule has 0 saturated heterocycles. The maximum absolute atomic E-state index is 12.3. The van der Waals surface area contributed by atoms with Gasteiger partial charge in [0.15, 0.2) is 6.10 Å². The average molecular weight is 348 g/mol. The lowest BCUT2D eigenvalue weighted by molar-refractivity contribution is -0.162. The minimum Gasteiger partial charge on any atom is -0.465 e. The second kappa shape index (κ2) is 9.56. The van der Waals surface area contributed by atoms with Crippen LogP contribution in [0.5, 0.6) is 0 Å². The van der Waals surface area contributed by atoms with Crippen molar-refractivity contribution in [1.29, 1.82) is 0 Å². The molecule has 1 N–H and O–H groups in total. The number of aliphatic hydroxyl groups is 1. The number of ether oxygens (including phenoxy) is 2. The normalized spacial score (nSPS) is 17.6. The van der Waals surface area contributed by atoms with Crippen molar-refractivity contribution in [1.82, 2.24) is 0 Å². The summed E-state index contributed by atoms with van der Waals surface area (Å²) in [6.45, 7) is 3.68. The quantitative estimate of drug-likeness (QED) is 0.765. The van der Waals surface area contributed by atoms with Gasteiger partial charge in [-0.1, -0.05) is 43.5 Å². The summed E-state index contributed by atoms with van der Waals surface area (Å²) >= 11 is 0. The number of esters is 2. The first-order chi connectivity index (χ1) is 12.1. The van der Waals surface area contributed by atoms with Crippen LogP contribution in [0, 0.1) is 0 Å². The van der Waals surface area contributed by atoms with Gasteiger partial charge in [0.1, 0.15) is 5.92 Å². The van der Waals surface area contributed by atoms with Crippen molar-refractivity contribution >= 4 is 11.9 Å². The van der Waals surface area contributed by atoms with Gasteiger partial charge in [-0.25, -0.2) is 4.79 Å². The summed E-state index contributed by atoms with van der Waals surface area (Å²) in [4.78, 5) is 24.2. The van der Waals surface area contributed by atoms with E-state index in [-0.39, 0.29) is 13.2 Å². The molecule has 5 nitrogen and oxygen atoms in total. The van der Waals surface area contributed by atoms with Gasteiger partial charge in [0.25, 0.3) is 0 Å². The van der Waals surface area contributed by atoms with Gasteiger partial charge in [-0.15, -0.1) is 0 Å². The second-order valence-corrected chi connectivity index (χ2v) is 6.43. The molecule has 0 radical (unpaired) electrons. The summed E-state index contributed by atoms with van der Waals surface area (Å²) in [6.07, 6.45) is 4.60. The van der Waals surface area contributed by atoms with Gasteiger partial charge >= 0.3 is 11.9 Å². The molecule has 1 saturated carbocycles. The third-order valence-electron chi connectivity index (χ3n) is 4.76. The molecule has 5 heteroatoms. The number of hydrogen-bond donors (Lipinski definition) is 1. The van der Waals surface area contributed by atoms with Crippen LogP contribution in [0.2, 0.25) is 0 Å². The van der Waals surface area contributed by atoms with E-state index in [1.807, 2.05) is 24.3 Å². The summed E-state index contributed by atoms with van der Waals surface area (Å²) in [5.41, 5.74) is 1.82. The summed E-state index contributed by atoms with van der Waals surface area (Å²) in [5, 5.41) is 10.3. The number of rotatable bonds is 7. The SMILES string of the molecule is CCOC(=O)C(O)C(C(=O)OCC)c1ccc(C2CCCCC2)cc1. The Kier molecular flexibility index (Phi) is 7.44. The maximum atomic E-state index is 12.3. The van der Waals surface area contributed by atoms with E-state index in [2.05, 4.69) is 0 Å². The highest BCUT2D eigenvalue weighted by molar-refractivity contribution is 5.87. The Morgan fingerprint density at radius 2 is 1.56 bits per heavy atom. The van der Waals surface area contributed by atoms with Crippen LogP contribution in [0.3, 0.4) is 0 Å². The summed E-state index contributed by atoms with van der Waals surface area (Å²) < 4.78 is 9.90. The molecule has 0 bridgehead atoms. The fourth-order valence-electron chi connectivity index (χ4n) is 3.45. The lowest BCUT2D eigenvalue weighted by Crippen LogP contribution is -2.35. The molecule has 0 aromatic heterocycles. The second-order valence-electron chi connectivity index (χ2n) is 6.43. The van der Waals surface area contributed by atoms with Crippen LogP contribution >= 0.6 is 0 Å². The fourth-order valence-corrected chi connectivity index (χ4v) is 3.45. The Balaban J connectivity index is 2.20. The highest BCUT2D eigenvalue weighted by Crippen LogP contribution is 2.33. The smallest absolute Gasteiger partial charge is 0.336 e. The Morgan fingerprint density at radius 1 is 1.00 bits per heavy atom. The van der Waals surface area contributed by atoms with E-state index >= 15 is 0 Å². The standard InChI is InChI=1S/C20H28O5/c1-3-24-19(22)17(18(21)20(23)25-4-2)16-12-10-15(11-13-16)14-8-6-5-7-9-14/h10-14,17-18,21H,3-9H2,1-2H3. The first-order valence-electron chi connectivity index (χ1n) is 9.19. The molecular formula is C20H28O5. The Hall–Kier alpha value is -1.88. The van der Waals surface area contributed by atoms with E-state index in [4.69, 9.17) is 9.47 Å². The van der Waals surface area contributed by atoms with Gasteiger partial charge in [-0.05, 0) is 43.7 Å². The average Bonchev–Trinajstić information content (AvgIpc) is 2.63. The number of carbonyl (C=O) groups excluding carboxylic acids is 2. The van der Waals surface area contributed by atoms with Crippen LogP contribution < -0.4 is 0 Å². The molecule has 1 aliphatic rings. The molecule has 0 amide bonds. The summed E-state index contributed by atoms with van der Waals surface area (Å²) in [6, 6.07) is 7.62. The van der Waals surface area contributed by atoms with Crippen LogP contribution in [-0.4, -0.2) is 36.4 Å². The number of hydrogen-bond acceptors (Lipinski definition) is 5. The largest absolute Gasteiger partial charge is 0.465 e. The van der Waals surface area contributed by atoms with Gasteiger partial charge in [0.2, 0.25) is 0 Å². The zero-order valence-corrected chi connectivity index (χ0v) is 15.1. The molecule has 138 valence electrons. The topological polar surface area (TPSA) is 72.8 Å². The van der Waals surface area contributed by atoms with E-state index in [9.17, 15) is 14.7 Å². The number of benzene rings is 1. The van der Waals surface area contributed by atoms with Crippen LogP contribution in [-0.2, 0) is 19.1 Å². The lowest BCUT2D eigenvalue weighted by atomic mass is 9.83. The molecule has 1 aliphatic carbocycles. The molecule has 2 unspecified atom stereocenters. The monoisotopic (exact) mass is 348 g/mol.